The van der Waals surface area contributed by atoms with E-state index >= 15 is 0 Å². The first kappa shape index (κ1) is 16.9. The van der Waals surface area contributed by atoms with E-state index in [0.29, 0.717) is 13.0 Å². The van der Waals surface area contributed by atoms with Gasteiger partial charge in [0.1, 0.15) is 6.54 Å². The third-order valence-corrected chi connectivity index (χ3v) is 4.30. The molecule has 0 spiro atoms. The van der Waals surface area contributed by atoms with E-state index in [4.69, 9.17) is 0 Å². The lowest BCUT2D eigenvalue weighted by atomic mass is 9.99. The van der Waals surface area contributed by atoms with Crippen molar-refractivity contribution in [3.63, 3.8) is 0 Å². The van der Waals surface area contributed by atoms with Crippen LogP contribution in [0, 0.1) is 6.92 Å². The number of nitrogens with one attached hydrogen (secondary N) is 1. The molecule has 25 heavy (non-hydrogen) atoms. The average molecular weight is 335 g/mol. The van der Waals surface area contributed by atoms with Crippen LogP contribution in [-0.2, 0) is 9.59 Å². The zero-order valence-electron chi connectivity index (χ0n) is 14.2. The molecule has 128 valence electrons. The number of aryl methyl sites for hydroxylation is 1. The van der Waals surface area contributed by atoms with Crippen LogP contribution in [0.1, 0.15) is 29.0 Å². The predicted octanol–water partition coefficient (Wildman–Crippen LogP) is 2.46. The van der Waals surface area contributed by atoms with Gasteiger partial charge in [-0.3, -0.25) is 9.59 Å². The van der Waals surface area contributed by atoms with Gasteiger partial charge >= 0.3 is 0 Å². The molecule has 5 nitrogen and oxygen atoms in total. The first-order valence-electron chi connectivity index (χ1n) is 8.33. The smallest absolute Gasteiger partial charge is 0.259 e. The first-order chi connectivity index (χ1) is 12.1. The molecule has 0 unspecified atom stereocenters. The molecule has 1 saturated heterocycles. The minimum atomic E-state index is -0.287. The van der Waals surface area contributed by atoms with Crippen LogP contribution in [0.3, 0.4) is 0 Å². The maximum atomic E-state index is 12.1. The Morgan fingerprint density at radius 1 is 1.20 bits per heavy atom. The molecule has 1 atom stereocenters. The second-order valence-corrected chi connectivity index (χ2v) is 6.29. The van der Waals surface area contributed by atoms with Crippen molar-refractivity contribution in [1.29, 1.82) is 0 Å². The van der Waals surface area contributed by atoms with Gasteiger partial charge in [0.15, 0.2) is 0 Å². The highest BCUT2D eigenvalue weighted by Crippen LogP contribution is 2.27. The van der Waals surface area contributed by atoms with Gasteiger partial charge in [-0.05, 0) is 18.1 Å². The summed E-state index contributed by atoms with van der Waals surface area (Å²) < 4.78 is 0. The van der Waals surface area contributed by atoms with Gasteiger partial charge in [0, 0.05) is 18.9 Å². The summed E-state index contributed by atoms with van der Waals surface area (Å²) in [7, 11) is 0. The van der Waals surface area contributed by atoms with Crippen molar-refractivity contribution in [2.24, 2.45) is 5.10 Å². The van der Waals surface area contributed by atoms with Crippen molar-refractivity contribution in [1.82, 2.24) is 10.3 Å². The predicted molar refractivity (Wildman–Crippen MR) is 97.3 cm³/mol. The van der Waals surface area contributed by atoms with Gasteiger partial charge in [0.25, 0.3) is 5.91 Å². The standard InChI is InChI=1S/C20H21N3O2/c1-15-7-9-16(10-8-15)12-21-22-19(24)14-23-13-18(11-20(23)25)17-5-3-2-4-6-17/h2-10,12,18H,11,13-14H2,1H3,(H,22,24)/b21-12-/t18-/m0/s1. The van der Waals surface area contributed by atoms with Crippen LogP contribution < -0.4 is 5.43 Å². The molecule has 1 N–H and O–H groups in total. The number of hydrogen-bond donors (Lipinski definition) is 1. The minimum Gasteiger partial charge on any atom is -0.333 e. The molecule has 3 rings (SSSR count). The van der Waals surface area contributed by atoms with Crippen LogP contribution in [0.2, 0.25) is 0 Å². The number of hydrogen-bond acceptors (Lipinski definition) is 3. The Morgan fingerprint density at radius 3 is 2.64 bits per heavy atom. The van der Waals surface area contributed by atoms with E-state index in [1.54, 1.807) is 11.1 Å². The number of rotatable bonds is 5. The van der Waals surface area contributed by atoms with E-state index in [-0.39, 0.29) is 24.3 Å². The van der Waals surface area contributed by atoms with E-state index in [9.17, 15) is 9.59 Å². The van der Waals surface area contributed by atoms with Crippen molar-refractivity contribution < 1.29 is 9.59 Å². The third kappa shape index (κ3) is 4.53. The Kier molecular flexibility index (Phi) is 5.23. The average Bonchev–Trinajstić information content (AvgIpc) is 2.98. The van der Waals surface area contributed by atoms with Crippen LogP contribution in [0.15, 0.2) is 59.7 Å². The van der Waals surface area contributed by atoms with E-state index in [2.05, 4.69) is 10.5 Å². The van der Waals surface area contributed by atoms with Crippen molar-refractivity contribution in [3.8, 4) is 0 Å². The maximum Gasteiger partial charge on any atom is 0.259 e. The number of amides is 2. The summed E-state index contributed by atoms with van der Waals surface area (Å²) >= 11 is 0. The third-order valence-electron chi connectivity index (χ3n) is 4.30. The van der Waals surface area contributed by atoms with Gasteiger partial charge in [-0.1, -0.05) is 60.2 Å². The van der Waals surface area contributed by atoms with E-state index < -0.39 is 0 Å². The fourth-order valence-electron chi connectivity index (χ4n) is 2.91. The highest BCUT2D eigenvalue weighted by molar-refractivity contribution is 5.87. The molecular formula is C20H21N3O2. The summed E-state index contributed by atoms with van der Waals surface area (Å²) in [4.78, 5) is 25.7. The second kappa shape index (κ2) is 7.75. The monoisotopic (exact) mass is 335 g/mol. The maximum absolute atomic E-state index is 12.1. The van der Waals surface area contributed by atoms with E-state index in [0.717, 1.165) is 11.1 Å². The molecule has 5 heteroatoms. The largest absolute Gasteiger partial charge is 0.333 e. The number of carbonyl (C=O) groups is 2. The first-order valence-corrected chi connectivity index (χ1v) is 8.33. The summed E-state index contributed by atoms with van der Waals surface area (Å²) in [6.45, 7) is 2.61. The van der Waals surface area contributed by atoms with Gasteiger partial charge in [-0.15, -0.1) is 0 Å². The molecule has 0 aromatic heterocycles. The Hall–Kier alpha value is -2.95. The van der Waals surface area contributed by atoms with Gasteiger partial charge < -0.3 is 4.90 Å². The Morgan fingerprint density at radius 2 is 1.92 bits per heavy atom. The Bertz CT molecular complexity index is 769. The van der Waals surface area contributed by atoms with Crippen molar-refractivity contribution in [2.45, 2.75) is 19.3 Å². The summed E-state index contributed by atoms with van der Waals surface area (Å²) in [5, 5.41) is 3.95. The molecule has 1 heterocycles. The summed E-state index contributed by atoms with van der Waals surface area (Å²) in [5.74, 6) is -0.130. The lowest BCUT2D eigenvalue weighted by Gasteiger charge is -2.15. The number of hydrazone groups is 1. The second-order valence-electron chi connectivity index (χ2n) is 6.29. The topological polar surface area (TPSA) is 61.8 Å². The summed E-state index contributed by atoms with van der Waals surface area (Å²) in [6.07, 6.45) is 2.04. The van der Waals surface area contributed by atoms with Crippen LogP contribution in [0.25, 0.3) is 0 Å². The molecule has 2 aromatic rings. The van der Waals surface area contributed by atoms with Crippen LogP contribution in [0.5, 0.6) is 0 Å². The van der Waals surface area contributed by atoms with Gasteiger partial charge in [0.05, 0.1) is 6.21 Å². The van der Waals surface area contributed by atoms with Crippen LogP contribution >= 0.6 is 0 Å². The van der Waals surface area contributed by atoms with Crippen LogP contribution in [-0.4, -0.2) is 36.0 Å². The molecule has 0 aliphatic carbocycles. The molecular weight excluding hydrogens is 314 g/mol. The SMILES string of the molecule is Cc1ccc(/C=N\NC(=O)CN2C[C@@H](c3ccccc3)CC2=O)cc1. The Labute approximate surface area is 147 Å². The lowest BCUT2D eigenvalue weighted by Crippen LogP contribution is -2.36. The number of likely N-dealkylation sites (tertiary alicyclic amines) is 1. The molecule has 1 fully saturated rings. The van der Waals surface area contributed by atoms with E-state index in [1.165, 1.54) is 5.56 Å². The molecule has 0 radical (unpaired) electrons. The van der Waals surface area contributed by atoms with Gasteiger partial charge in [-0.2, -0.15) is 5.10 Å². The summed E-state index contributed by atoms with van der Waals surface area (Å²) in [6, 6.07) is 17.8. The highest BCUT2D eigenvalue weighted by Gasteiger charge is 2.31. The lowest BCUT2D eigenvalue weighted by molar-refractivity contribution is -0.133. The minimum absolute atomic E-state index is 0.00603. The number of benzene rings is 2. The molecule has 1 aliphatic heterocycles. The number of nitrogens with zero attached hydrogens (tertiary/aromatic N) is 2. The molecule has 1 aliphatic rings. The van der Waals surface area contributed by atoms with E-state index in [1.807, 2.05) is 61.5 Å². The molecule has 2 aromatic carbocycles. The molecule has 0 saturated carbocycles. The van der Waals surface area contributed by atoms with Gasteiger partial charge in [0.2, 0.25) is 5.91 Å². The van der Waals surface area contributed by atoms with Crippen molar-refractivity contribution >= 4 is 18.0 Å². The Balaban J connectivity index is 1.51. The van der Waals surface area contributed by atoms with Crippen molar-refractivity contribution in [2.75, 3.05) is 13.1 Å². The quantitative estimate of drug-likeness (QED) is 0.674. The highest BCUT2D eigenvalue weighted by atomic mass is 16.2. The fourth-order valence-corrected chi connectivity index (χ4v) is 2.91. The molecule has 0 bridgehead atoms. The summed E-state index contributed by atoms with van der Waals surface area (Å²) in [5.41, 5.74) is 5.70. The fraction of sp³-hybridized carbons (Fsp3) is 0.250. The van der Waals surface area contributed by atoms with Crippen molar-refractivity contribution in [3.05, 3.63) is 71.3 Å². The zero-order valence-corrected chi connectivity index (χ0v) is 14.2. The number of carbonyl (C=O) groups excluding carboxylic acids is 2. The van der Waals surface area contributed by atoms with Gasteiger partial charge in [-0.25, -0.2) is 5.43 Å². The van der Waals surface area contributed by atoms with Crippen LogP contribution in [0.4, 0.5) is 0 Å². The molecule has 2 amide bonds. The zero-order chi connectivity index (χ0) is 17.6. The normalized spacial score (nSPS) is 17.2.